The molecule has 3 N–H and O–H groups in total. The van der Waals surface area contributed by atoms with Gasteiger partial charge in [0, 0.05) is 30.7 Å². The second kappa shape index (κ2) is 8.04. The first-order valence-electron chi connectivity index (χ1n) is 7.46. The number of nitrogens with one attached hydrogen (secondary N) is 2. The van der Waals surface area contributed by atoms with Crippen molar-refractivity contribution in [1.29, 1.82) is 0 Å². The predicted molar refractivity (Wildman–Crippen MR) is 84.2 cm³/mol. The smallest absolute Gasteiger partial charge is 0.134 e. The Balaban J connectivity index is 2.88. The third-order valence-corrected chi connectivity index (χ3v) is 3.15. The summed E-state index contributed by atoms with van der Waals surface area (Å²) in [7, 11) is 0. The first kappa shape index (κ1) is 16.7. The van der Waals surface area contributed by atoms with E-state index < -0.39 is 0 Å². The Labute approximate surface area is 122 Å². The van der Waals surface area contributed by atoms with E-state index in [-0.39, 0.29) is 12.0 Å². The lowest BCUT2D eigenvalue weighted by atomic mass is 9.95. The number of nitrogens with zero attached hydrogens (tertiary/aromatic N) is 2. The zero-order valence-corrected chi connectivity index (χ0v) is 13.2. The van der Waals surface area contributed by atoms with Crippen molar-refractivity contribution in [2.45, 2.75) is 47.0 Å². The number of aliphatic hydroxyl groups is 1. The molecule has 0 spiro atoms. The third-order valence-electron chi connectivity index (χ3n) is 3.15. The maximum atomic E-state index is 9.33. The van der Waals surface area contributed by atoms with Crippen LogP contribution in [0.5, 0.6) is 0 Å². The molecule has 0 aliphatic rings. The van der Waals surface area contributed by atoms with Gasteiger partial charge < -0.3 is 15.7 Å². The second-order valence-electron chi connectivity index (χ2n) is 5.90. The van der Waals surface area contributed by atoms with E-state index in [0.29, 0.717) is 6.54 Å². The minimum atomic E-state index is -0.161. The molecule has 0 aliphatic carbocycles. The van der Waals surface area contributed by atoms with Gasteiger partial charge in [-0.2, -0.15) is 0 Å². The average molecular weight is 280 g/mol. The molecule has 0 amide bonds. The zero-order valence-electron chi connectivity index (χ0n) is 13.2. The fourth-order valence-corrected chi connectivity index (χ4v) is 1.83. The number of rotatable bonds is 9. The van der Waals surface area contributed by atoms with Crippen LogP contribution in [-0.2, 0) is 6.42 Å². The van der Waals surface area contributed by atoms with Gasteiger partial charge in [-0.1, -0.05) is 34.1 Å². The van der Waals surface area contributed by atoms with E-state index in [4.69, 9.17) is 0 Å². The van der Waals surface area contributed by atoms with Gasteiger partial charge in [0.1, 0.15) is 18.0 Å². The quantitative estimate of drug-likeness (QED) is 0.649. The molecule has 0 bridgehead atoms. The molecule has 0 saturated carbocycles. The van der Waals surface area contributed by atoms with Crippen LogP contribution in [0.15, 0.2) is 6.33 Å². The zero-order chi connectivity index (χ0) is 15.0. The largest absolute Gasteiger partial charge is 0.396 e. The van der Waals surface area contributed by atoms with Crippen molar-refractivity contribution >= 4 is 11.6 Å². The first-order valence-corrected chi connectivity index (χ1v) is 7.46. The molecule has 1 aromatic rings. The van der Waals surface area contributed by atoms with Crippen LogP contribution in [0.3, 0.4) is 0 Å². The molecule has 0 saturated heterocycles. The highest BCUT2D eigenvalue weighted by Crippen LogP contribution is 2.23. The van der Waals surface area contributed by atoms with E-state index in [0.717, 1.165) is 43.0 Å². The molecule has 0 unspecified atom stereocenters. The van der Waals surface area contributed by atoms with Crippen LogP contribution < -0.4 is 10.6 Å². The molecule has 114 valence electrons. The topological polar surface area (TPSA) is 70.1 Å². The summed E-state index contributed by atoms with van der Waals surface area (Å²) in [5, 5.41) is 16.0. The summed E-state index contributed by atoms with van der Waals surface area (Å²) in [4.78, 5) is 8.71. The molecule has 1 rings (SSSR count). The first-order chi connectivity index (χ1) is 9.54. The Morgan fingerprint density at radius 1 is 1.10 bits per heavy atom. The molecule has 5 nitrogen and oxygen atoms in total. The Hall–Kier alpha value is -1.36. The van der Waals surface area contributed by atoms with Crippen molar-refractivity contribution in [2.75, 3.05) is 30.3 Å². The van der Waals surface area contributed by atoms with Gasteiger partial charge >= 0.3 is 0 Å². The lowest BCUT2D eigenvalue weighted by Crippen LogP contribution is -2.27. The summed E-state index contributed by atoms with van der Waals surface area (Å²) in [6, 6.07) is 0. The summed E-state index contributed by atoms with van der Waals surface area (Å²) in [5.41, 5.74) is 0.975. The lowest BCUT2D eigenvalue weighted by Gasteiger charge is -2.23. The molecule has 0 radical (unpaired) electrons. The highest BCUT2D eigenvalue weighted by molar-refractivity contribution is 5.57. The monoisotopic (exact) mass is 280 g/mol. The number of hydrogen-bond donors (Lipinski definition) is 3. The molecule has 0 fully saturated rings. The van der Waals surface area contributed by atoms with Gasteiger partial charge in [-0.3, -0.25) is 0 Å². The number of aromatic nitrogens is 2. The van der Waals surface area contributed by atoms with Crippen molar-refractivity contribution in [1.82, 2.24) is 9.97 Å². The van der Waals surface area contributed by atoms with Crippen LogP contribution in [0.25, 0.3) is 0 Å². The molecular formula is C15H28N4O. The van der Waals surface area contributed by atoms with E-state index in [1.54, 1.807) is 6.33 Å². The number of anilines is 2. The molecule has 0 atom stereocenters. The summed E-state index contributed by atoms with van der Waals surface area (Å²) < 4.78 is 0. The van der Waals surface area contributed by atoms with Gasteiger partial charge in [-0.05, 0) is 12.8 Å². The van der Waals surface area contributed by atoms with Gasteiger partial charge in [0.2, 0.25) is 0 Å². The van der Waals surface area contributed by atoms with Gasteiger partial charge in [0.05, 0.1) is 0 Å². The van der Waals surface area contributed by atoms with Crippen LogP contribution in [0, 0.1) is 5.41 Å². The normalized spacial score (nSPS) is 11.4. The molecule has 1 heterocycles. The highest BCUT2D eigenvalue weighted by atomic mass is 16.3. The molecule has 0 aliphatic heterocycles. The summed E-state index contributed by atoms with van der Waals surface area (Å²) in [6.07, 6.45) is 4.64. The van der Waals surface area contributed by atoms with Crippen molar-refractivity contribution in [3.05, 3.63) is 11.9 Å². The second-order valence-corrected chi connectivity index (χ2v) is 5.90. The van der Waals surface area contributed by atoms with Crippen LogP contribution in [0.1, 0.15) is 46.1 Å². The fourth-order valence-electron chi connectivity index (χ4n) is 1.83. The van der Waals surface area contributed by atoms with Gasteiger partial charge in [-0.25, -0.2) is 9.97 Å². The highest BCUT2D eigenvalue weighted by Gasteiger charge is 2.18. The maximum absolute atomic E-state index is 9.33. The molecule has 0 aromatic carbocycles. The van der Waals surface area contributed by atoms with Gasteiger partial charge in [0.15, 0.2) is 0 Å². The van der Waals surface area contributed by atoms with Crippen LogP contribution in [0.2, 0.25) is 0 Å². The standard InChI is InChI=1S/C15H28N4O/c1-5-7-12-13(16-8-6-2)18-11-19-14(12)17-9-15(3,4)10-20/h11,20H,5-10H2,1-4H3,(H2,16,17,18,19). The molecular weight excluding hydrogens is 252 g/mol. The van der Waals surface area contributed by atoms with Gasteiger partial charge in [0.25, 0.3) is 0 Å². The summed E-state index contributed by atoms with van der Waals surface area (Å²) in [6.45, 7) is 10.1. The van der Waals surface area contributed by atoms with Crippen LogP contribution in [0.4, 0.5) is 11.6 Å². The van der Waals surface area contributed by atoms with Crippen molar-refractivity contribution in [3.63, 3.8) is 0 Å². The number of aliphatic hydroxyl groups excluding tert-OH is 1. The van der Waals surface area contributed by atoms with Crippen LogP contribution in [-0.4, -0.2) is 34.8 Å². The Bertz CT molecular complexity index is 407. The Morgan fingerprint density at radius 2 is 1.75 bits per heavy atom. The van der Waals surface area contributed by atoms with Crippen molar-refractivity contribution in [2.24, 2.45) is 5.41 Å². The van der Waals surface area contributed by atoms with E-state index in [1.165, 1.54) is 0 Å². The average Bonchev–Trinajstić information content (AvgIpc) is 2.45. The van der Waals surface area contributed by atoms with E-state index >= 15 is 0 Å². The van der Waals surface area contributed by atoms with E-state index in [1.807, 2.05) is 13.8 Å². The fraction of sp³-hybridized carbons (Fsp3) is 0.733. The van der Waals surface area contributed by atoms with E-state index in [9.17, 15) is 5.11 Å². The summed E-state index contributed by atoms with van der Waals surface area (Å²) >= 11 is 0. The summed E-state index contributed by atoms with van der Waals surface area (Å²) in [5.74, 6) is 1.80. The third kappa shape index (κ3) is 4.96. The van der Waals surface area contributed by atoms with Crippen molar-refractivity contribution in [3.8, 4) is 0 Å². The molecule has 1 aromatic heterocycles. The Kier molecular flexibility index (Phi) is 6.71. The maximum Gasteiger partial charge on any atom is 0.134 e. The minimum Gasteiger partial charge on any atom is -0.396 e. The van der Waals surface area contributed by atoms with Crippen molar-refractivity contribution < 1.29 is 5.11 Å². The predicted octanol–water partition coefficient (Wildman–Crippen LogP) is 2.68. The Morgan fingerprint density at radius 3 is 2.30 bits per heavy atom. The molecule has 5 heteroatoms. The minimum absolute atomic E-state index is 0.148. The number of hydrogen-bond acceptors (Lipinski definition) is 5. The van der Waals surface area contributed by atoms with E-state index in [2.05, 4.69) is 34.4 Å². The van der Waals surface area contributed by atoms with Crippen LogP contribution >= 0.6 is 0 Å². The SMILES string of the molecule is CCCNc1ncnc(NCC(C)(C)CO)c1CCC. The lowest BCUT2D eigenvalue weighted by molar-refractivity contribution is 0.170. The molecule has 20 heavy (non-hydrogen) atoms. The van der Waals surface area contributed by atoms with Gasteiger partial charge in [-0.15, -0.1) is 0 Å².